The van der Waals surface area contributed by atoms with Crippen LogP contribution in [0.15, 0.2) is 18.3 Å². The van der Waals surface area contributed by atoms with Crippen molar-refractivity contribution in [1.29, 1.82) is 0 Å². The molecule has 1 rings (SSSR count). The lowest BCUT2D eigenvalue weighted by Gasteiger charge is -2.15. The number of aromatic nitrogens is 1. The van der Waals surface area contributed by atoms with Crippen molar-refractivity contribution < 1.29 is 5.11 Å². The van der Waals surface area contributed by atoms with Gasteiger partial charge >= 0.3 is 0 Å². The maximum atomic E-state index is 8.74. The van der Waals surface area contributed by atoms with Crippen molar-refractivity contribution in [2.75, 3.05) is 17.7 Å². The highest BCUT2D eigenvalue weighted by molar-refractivity contribution is 7.98. The van der Waals surface area contributed by atoms with E-state index in [0.29, 0.717) is 6.04 Å². The molecule has 1 aromatic rings. The minimum atomic E-state index is 0.245. The first kappa shape index (κ1) is 14.3. The number of rotatable bonds is 8. The summed E-state index contributed by atoms with van der Waals surface area (Å²) in [4.78, 5) is 4.33. The van der Waals surface area contributed by atoms with Crippen molar-refractivity contribution in [2.24, 2.45) is 0 Å². The van der Waals surface area contributed by atoms with Crippen LogP contribution in [0.25, 0.3) is 0 Å². The molecular weight excluding hydrogens is 232 g/mol. The highest BCUT2D eigenvalue weighted by Gasteiger charge is 2.04. The Balaban J connectivity index is 2.52. The number of pyridine rings is 1. The first-order valence-corrected chi connectivity index (χ1v) is 7.35. The summed E-state index contributed by atoms with van der Waals surface area (Å²) >= 11 is 1.74. The minimum Gasteiger partial charge on any atom is -0.396 e. The smallest absolute Gasteiger partial charge is 0.126 e. The SMILES string of the molecule is CCC(CC)Nc1cc(CSCCO)ccn1. The third-order valence-electron chi connectivity index (χ3n) is 2.67. The van der Waals surface area contributed by atoms with Crippen molar-refractivity contribution >= 4 is 17.6 Å². The zero-order valence-electron chi connectivity index (χ0n) is 10.6. The van der Waals surface area contributed by atoms with Crippen molar-refractivity contribution in [3.63, 3.8) is 0 Å². The van der Waals surface area contributed by atoms with E-state index in [0.717, 1.165) is 30.2 Å². The van der Waals surface area contributed by atoms with Crippen LogP contribution >= 0.6 is 11.8 Å². The second-order valence-electron chi connectivity index (χ2n) is 3.98. The fourth-order valence-corrected chi connectivity index (χ4v) is 2.29. The number of aliphatic hydroxyl groups is 1. The maximum Gasteiger partial charge on any atom is 0.126 e. The molecule has 17 heavy (non-hydrogen) atoms. The lowest BCUT2D eigenvalue weighted by atomic mass is 10.2. The zero-order chi connectivity index (χ0) is 12.5. The average molecular weight is 254 g/mol. The second kappa shape index (κ2) is 8.37. The molecule has 0 unspecified atom stereocenters. The van der Waals surface area contributed by atoms with Crippen molar-refractivity contribution in [1.82, 2.24) is 4.98 Å². The molecule has 0 aromatic carbocycles. The van der Waals surface area contributed by atoms with E-state index < -0.39 is 0 Å². The maximum absolute atomic E-state index is 8.74. The summed E-state index contributed by atoms with van der Waals surface area (Å²) in [6, 6.07) is 4.63. The predicted octanol–water partition coefficient (Wildman–Crippen LogP) is 2.91. The summed E-state index contributed by atoms with van der Waals surface area (Å²) in [7, 11) is 0. The first-order valence-electron chi connectivity index (χ1n) is 6.20. The normalized spacial score (nSPS) is 10.8. The third-order valence-corrected chi connectivity index (χ3v) is 3.68. The molecular formula is C13H22N2OS. The number of anilines is 1. The molecule has 0 fully saturated rings. The number of nitrogens with one attached hydrogen (secondary N) is 1. The minimum absolute atomic E-state index is 0.245. The highest BCUT2D eigenvalue weighted by Crippen LogP contribution is 2.15. The van der Waals surface area contributed by atoms with Crippen LogP contribution < -0.4 is 5.32 Å². The van der Waals surface area contributed by atoms with Crippen LogP contribution in [0.3, 0.4) is 0 Å². The van der Waals surface area contributed by atoms with Gasteiger partial charge in [-0.2, -0.15) is 11.8 Å². The predicted molar refractivity (Wildman–Crippen MR) is 75.5 cm³/mol. The van der Waals surface area contributed by atoms with E-state index in [4.69, 9.17) is 5.11 Å². The van der Waals surface area contributed by atoms with Gasteiger partial charge in [-0.05, 0) is 30.5 Å². The van der Waals surface area contributed by atoms with Crippen molar-refractivity contribution in [3.05, 3.63) is 23.9 Å². The quantitative estimate of drug-likeness (QED) is 0.700. The summed E-state index contributed by atoms with van der Waals surface area (Å²) in [5.41, 5.74) is 1.26. The molecule has 4 heteroatoms. The summed E-state index contributed by atoms with van der Waals surface area (Å²) in [6.45, 7) is 4.61. The Bertz CT molecular complexity index is 316. The average Bonchev–Trinajstić information content (AvgIpc) is 2.37. The lowest BCUT2D eigenvalue weighted by Crippen LogP contribution is -2.17. The molecule has 0 bridgehead atoms. The van der Waals surface area contributed by atoms with Gasteiger partial charge < -0.3 is 10.4 Å². The first-order chi connectivity index (χ1) is 8.30. The van der Waals surface area contributed by atoms with Gasteiger partial charge in [0.25, 0.3) is 0 Å². The Morgan fingerprint density at radius 1 is 1.41 bits per heavy atom. The molecule has 96 valence electrons. The van der Waals surface area contributed by atoms with Gasteiger partial charge in [0.05, 0.1) is 6.61 Å². The lowest BCUT2D eigenvalue weighted by molar-refractivity contribution is 0.322. The van der Waals surface area contributed by atoms with Crippen LogP contribution in [0.1, 0.15) is 32.3 Å². The largest absolute Gasteiger partial charge is 0.396 e. The molecule has 0 aliphatic carbocycles. The molecule has 0 saturated carbocycles. The third kappa shape index (κ3) is 5.41. The number of aliphatic hydroxyl groups excluding tert-OH is 1. The van der Waals surface area contributed by atoms with Crippen LogP contribution in [-0.4, -0.2) is 28.5 Å². The summed E-state index contributed by atoms with van der Waals surface area (Å²) < 4.78 is 0. The van der Waals surface area contributed by atoms with Crippen LogP contribution in [-0.2, 0) is 5.75 Å². The fraction of sp³-hybridized carbons (Fsp3) is 0.615. The van der Waals surface area contributed by atoms with E-state index in [2.05, 4.69) is 30.2 Å². The van der Waals surface area contributed by atoms with Gasteiger partial charge in [0.15, 0.2) is 0 Å². The van der Waals surface area contributed by atoms with E-state index in [1.165, 1.54) is 5.56 Å². The molecule has 1 aromatic heterocycles. The Morgan fingerprint density at radius 3 is 2.82 bits per heavy atom. The molecule has 0 radical (unpaired) electrons. The Hall–Kier alpha value is -0.740. The van der Waals surface area contributed by atoms with Crippen molar-refractivity contribution in [2.45, 2.75) is 38.5 Å². The van der Waals surface area contributed by atoms with Gasteiger partial charge in [0, 0.05) is 23.7 Å². The standard InChI is InChI=1S/C13H22N2OS/c1-3-12(4-2)15-13-9-11(5-6-14-13)10-17-8-7-16/h5-6,9,12,16H,3-4,7-8,10H2,1-2H3,(H,14,15). The van der Waals surface area contributed by atoms with Gasteiger partial charge in [0.2, 0.25) is 0 Å². The number of thioether (sulfide) groups is 1. The van der Waals surface area contributed by atoms with E-state index in [-0.39, 0.29) is 6.61 Å². The van der Waals surface area contributed by atoms with Gasteiger partial charge in [-0.1, -0.05) is 13.8 Å². The Kier molecular flexibility index (Phi) is 7.05. The zero-order valence-corrected chi connectivity index (χ0v) is 11.5. The molecule has 0 atom stereocenters. The van der Waals surface area contributed by atoms with Crippen molar-refractivity contribution in [3.8, 4) is 0 Å². The topological polar surface area (TPSA) is 45.1 Å². The monoisotopic (exact) mass is 254 g/mol. The van der Waals surface area contributed by atoms with E-state index in [1.54, 1.807) is 11.8 Å². The van der Waals surface area contributed by atoms with Gasteiger partial charge in [-0.25, -0.2) is 4.98 Å². The number of nitrogens with zero attached hydrogens (tertiary/aromatic N) is 1. The molecule has 0 amide bonds. The molecule has 3 nitrogen and oxygen atoms in total. The van der Waals surface area contributed by atoms with Crippen LogP contribution in [0.2, 0.25) is 0 Å². The molecule has 1 heterocycles. The van der Waals surface area contributed by atoms with E-state index in [9.17, 15) is 0 Å². The summed E-state index contributed by atoms with van der Waals surface area (Å²) in [6.07, 6.45) is 4.07. The Morgan fingerprint density at radius 2 is 2.18 bits per heavy atom. The van der Waals surface area contributed by atoms with Gasteiger partial charge in [0.1, 0.15) is 5.82 Å². The summed E-state index contributed by atoms with van der Waals surface area (Å²) in [5.74, 6) is 2.68. The molecule has 0 saturated heterocycles. The molecule has 2 N–H and O–H groups in total. The van der Waals surface area contributed by atoms with E-state index in [1.807, 2.05) is 12.3 Å². The summed E-state index contributed by atoms with van der Waals surface area (Å²) in [5, 5.41) is 12.2. The van der Waals surface area contributed by atoms with E-state index >= 15 is 0 Å². The molecule has 0 aliphatic rings. The fourth-order valence-electron chi connectivity index (χ4n) is 1.60. The van der Waals surface area contributed by atoms with Crippen LogP contribution in [0.4, 0.5) is 5.82 Å². The highest BCUT2D eigenvalue weighted by atomic mass is 32.2. The number of hydrogen-bond donors (Lipinski definition) is 2. The second-order valence-corrected chi connectivity index (χ2v) is 5.09. The molecule has 0 spiro atoms. The van der Waals surface area contributed by atoms with Crippen LogP contribution in [0.5, 0.6) is 0 Å². The Labute approximate surface area is 108 Å². The molecule has 0 aliphatic heterocycles. The van der Waals surface area contributed by atoms with Gasteiger partial charge in [-0.15, -0.1) is 0 Å². The van der Waals surface area contributed by atoms with Crippen LogP contribution in [0, 0.1) is 0 Å². The van der Waals surface area contributed by atoms with Gasteiger partial charge in [-0.3, -0.25) is 0 Å². The number of hydrogen-bond acceptors (Lipinski definition) is 4.